The van der Waals surface area contributed by atoms with Crippen molar-refractivity contribution >= 4 is 12.0 Å². The molecule has 8 nitrogen and oxygen atoms in total. The van der Waals surface area contributed by atoms with Crippen LogP contribution in [0.25, 0.3) is 0 Å². The first-order valence-electron chi connectivity index (χ1n) is 8.18. The summed E-state index contributed by atoms with van der Waals surface area (Å²) >= 11 is 0. The number of hydrogen-bond donors (Lipinski definition) is 2. The summed E-state index contributed by atoms with van der Waals surface area (Å²) in [6.45, 7) is 2.40. The van der Waals surface area contributed by atoms with Crippen molar-refractivity contribution in [2.75, 3.05) is 19.6 Å². The van der Waals surface area contributed by atoms with Gasteiger partial charge in [0, 0.05) is 19.6 Å². The zero-order chi connectivity index (χ0) is 17.6. The number of fused-ring (bicyclic) bond motifs is 1. The smallest absolute Gasteiger partial charge is 0.410 e. The summed E-state index contributed by atoms with van der Waals surface area (Å²) in [5, 5.41) is 6.96. The minimum Gasteiger partial charge on any atom is -0.445 e. The van der Waals surface area contributed by atoms with E-state index in [-0.39, 0.29) is 18.6 Å². The van der Waals surface area contributed by atoms with E-state index in [0.29, 0.717) is 38.4 Å². The Bertz CT molecular complexity index is 744. The van der Waals surface area contributed by atoms with E-state index in [1.165, 1.54) is 0 Å². The van der Waals surface area contributed by atoms with Crippen LogP contribution in [0.15, 0.2) is 36.4 Å². The van der Waals surface area contributed by atoms with Crippen LogP contribution < -0.4 is 11.1 Å². The Labute approximate surface area is 145 Å². The first kappa shape index (κ1) is 17.0. The molecule has 0 radical (unpaired) electrons. The Balaban J connectivity index is 1.58. The van der Waals surface area contributed by atoms with E-state index in [0.717, 1.165) is 11.3 Å². The maximum Gasteiger partial charge on any atom is 0.410 e. The highest BCUT2D eigenvalue weighted by molar-refractivity contribution is 5.92. The average molecular weight is 343 g/mol. The van der Waals surface area contributed by atoms with Crippen molar-refractivity contribution < 1.29 is 14.3 Å². The summed E-state index contributed by atoms with van der Waals surface area (Å²) in [4.78, 5) is 25.8. The molecular formula is C17H21N5O3. The van der Waals surface area contributed by atoms with Crippen molar-refractivity contribution in [2.45, 2.75) is 19.7 Å². The topological polar surface area (TPSA) is 102 Å². The van der Waals surface area contributed by atoms with Gasteiger partial charge in [-0.2, -0.15) is 5.10 Å². The summed E-state index contributed by atoms with van der Waals surface area (Å²) in [5.74, 6) is -0.259. The summed E-state index contributed by atoms with van der Waals surface area (Å²) < 4.78 is 7.10. The molecule has 2 aromatic rings. The van der Waals surface area contributed by atoms with Crippen molar-refractivity contribution in [2.24, 2.45) is 5.73 Å². The zero-order valence-corrected chi connectivity index (χ0v) is 13.9. The molecule has 3 rings (SSSR count). The maximum absolute atomic E-state index is 12.2. The van der Waals surface area contributed by atoms with Crippen LogP contribution in [0.2, 0.25) is 0 Å². The van der Waals surface area contributed by atoms with Gasteiger partial charge in [0.05, 0.1) is 18.8 Å². The number of nitrogens with one attached hydrogen (secondary N) is 1. The van der Waals surface area contributed by atoms with E-state index >= 15 is 0 Å². The number of benzene rings is 1. The van der Waals surface area contributed by atoms with E-state index in [9.17, 15) is 9.59 Å². The Morgan fingerprint density at radius 3 is 2.80 bits per heavy atom. The van der Waals surface area contributed by atoms with Crippen LogP contribution in [0, 0.1) is 0 Å². The first-order chi connectivity index (χ1) is 12.2. The third-order valence-corrected chi connectivity index (χ3v) is 3.92. The van der Waals surface area contributed by atoms with Gasteiger partial charge in [-0.3, -0.25) is 9.48 Å². The number of amides is 2. The van der Waals surface area contributed by atoms with Gasteiger partial charge in [-0.25, -0.2) is 4.79 Å². The van der Waals surface area contributed by atoms with Gasteiger partial charge in [0.1, 0.15) is 6.61 Å². The number of nitrogens with two attached hydrogens (primary N) is 1. The fraction of sp³-hybridized carbons (Fsp3) is 0.353. The molecule has 1 aromatic heterocycles. The van der Waals surface area contributed by atoms with Crippen molar-refractivity contribution in [3.63, 3.8) is 0 Å². The van der Waals surface area contributed by atoms with Crippen LogP contribution in [-0.4, -0.2) is 46.3 Å². The van der Waals surface area contributed by atoms with E-state index in [2.05, 4.69) is 10.4 Å². The average Bonchev–Trinajstić information content (AvgIpc) is 3.08. The molecule has 1 aliphatic rings. The number of ether oxygens (including phenoxy) is 1. The van der Waals surface area contributed by atoms with Gasteiger partial charge in [0.2, 0.25) is 0 Å². The molecule has 0 spiro atoms. The molecule has 2 heterocycles. The van der Waals surface area contributed by atoms with Crippen molar-refractivity contribution in [3.05, 3.63) is 53.3 Å². The first-order valence-corrected chi connectivity index (χ1v) is 8.18. The van der Waals surface area contributed by atoms with Crippen LogP contribution in [0.3, 0.4) is 0 Å². The number of aromatic nitrogens is 2. The monoisotopic (exact) mass is 343 g/mol. The summed E-state index contributed by atoms with van der Waals surface area (Å²) in [6.07, 6.45) is -0.370. The standard InChI is InChI=1S/C17H21N5O3/c18-6-7-19-16(23)15-10-14-11-21(8-9-22(14)20-15)17(24)25-12-13-4-2-1-3-5-13/h1-5,10H,6-9,11-12,18H2,(H,19,23). The number of carbonyl (C=O) groups excluding carboxylic acids is 2. The second kappa shape index (κ2) is 7.80. The molecule has 1 aliphatic heterocycles. The molecule has 3 N–H and O–H groups in total. The van der Waals surface area contributed by atoms with E-state index in [1.54, 1.807) is 15.6 Å². The third kappa shape index (κ3) is 4.16. The molecule has 132 valence electrons. The van der Waals surface area contributed by atoms with Crippen LogP contribution in [0.1, 0.15) is 21.7 Å². The Morgan fingerprint density at radius 1 is 1.24 bits per heavy atom. The lowest BCUT2D eigenvalue weighted by atomic mass is 10.2. The second-order valence-electron chi connectivity index (χ2n) is 5.75. The number of nitrogens with zero attached hydrogens (tertiary/aromatic N) is 3. The molecule has 0 atom stereocenters. The van der Waals surface area contributed by atoms with Gasteiger partial charge in [-0.05, 0) is 11.6 Å². The lowest BCUT2D eigenvalue weighted by molar-refractivity contribution is 0.0855. The fourth-order valence-corrected chi connectivity index (χ4v) is 2.62. The van der Waals surface area contributed by atoms with Gasteiger partial charge in [0.15, 0.2) is 5.69 Å². The largest absolute Gasteiger partial charge is 0.445 e. The van der Waals surface area contributed by atoms with Crippen molar-refractivity contribution in [1.82, 2.24) is 20.0 Å². The van der Waals surface area contributed by atoms with E-state index in [4.69, 9.17) is 10.5 Å². The minimum atomic E-state index is -0.370. The Hall–Kier alpha value is -2.87. The molecule has 1 aromatic carbocycles. The van der Waals surface area contributed by atoms with Crippen LogP contribution in [-0.2, 0) is 24.4 Å². The summed E-state index contributed by atoms with van der Waals surface area (Å²) in [6, 6.07) is 11.2. The Morgan fingerprint density at radius 2 is 2.04 bits per heavy atom. The van der Waals surface area contributed by atoms with Crippen LogP contribution in [0.5, 0.6) is 0 Å². The normalized spacial score (nSPS) is 13.2. The molecule has 0 fully saturated rings. The fourth-order valence-electron chi connectivity index (χ4n) is 2.62. The van der Waals surface area contributed by atoms with Crippen LogP contribution >= 0.6 is 0 Å². The van der Waals surface area contributed by atoms with Gasteiger partial charge < -0.3 is 20.7 Å². The number of hydrogen-bond acceptors (Lipinski definition) is 5. The molecule has 0 bridgehead atoms. The van der Waals surface area contributed by atoms with Crippen molar-refractivity contribution in [3.8, 4) is 0 Å². The molecule has 0 saturated heterocycles. The molecule has 25 heavy (non-hydrogen) atoms. The molecule has 0 aliphatic carbocycles. The SMILES string of the molecule is NCCNC(=O)c1cc2n(n1)CCN(C(=O)OCc1ccccc1)C2. The molecular weight excluding hydrogens is 322 g/mol. The minimum absolute atomic E-state index is 0.238. The highest BCUT2D eigenvalue weighted by Crippen LogP contribution is 2.15. The van der Waals surface area contributed by atoms with Gasteiger partial charge in [-0.15, -0.1) is 0 Å². The van der Waals surface area contributed by atoms with Crippen LogP contribution in [0.4, 0.5) is 4.79 Å². The highest BCUT2D eigenvalue weighted by atomic mass is 16.6. The Kier molecular flexibility index (Phi) is 5.30. The predicted molar refractivity (Wildman–Crippen MR) is 90.7 cm³/mol. The second-order valence-corrected chi connectivity index (χ2v) is 5.75. The molecule has 0 unspecified atom stereocenters. The lowest BCUT2D eigenvalue weighted by Crippen LogP contribution is -2.38. The number of carbonyl (C=O) groups is 2. The third-order valence-electron chi connectivity index (χ3n) is 3.92. The summed E-state index contributed by atoms with van der Waals surface area (Å²) in [7, 11) is 0. The van der Waals surface area contributed by atoms with Crippen molar-refractivity contribution in [1.29, 1.82) is 0 Å². The molecule has 0 saturated carbocycles. The quantitative estimate of drug-likeness (QED) is 0.833. The predicted octanol–water partition coefficient (Wildman–Crippen LogP) is 0.724. The molecule has 8 heteroatoms. The van der Waals surface area contributed by atoms with Gasteiger partial charge >= 0.3 is 6.09 Å². The number of rotatable bonds is 5. The van der Waals surface area contributed by atoms with E-state index < -0.39 is 0 Å². The van der Waals surface area contributed by atoms with Gasteiger partial charge in [-0.1, -0.05) is 30.3 Å². The lowest BCUT2D eigenvalue weighted by Gasteiger charge is -2.26. The zero-order valence-electron chi connectivity index (χ0n) is 13.9. The highest BCUT2D eigenvalue weighted by Gasteiger charge is 2.24. The maximum atomic E-state index is 12.2. The summed E-state index contributed by atoms with van der Waals surface area (Å²) in [5.41, 5.74) is 7.46. The van der Waals surface area contributed by atoms with Gasteiger partial charge in [0.25, 0.3) is 5.91 Å². The molecule has 2 amide bonds. The van der Waals surface area contributed by atoms with E-state index in [1.807, 2.05) is 30.3 Å².